The third-order valence-corrected chi connectivity index (χ3v) is 4.67. The standard InChI is InChI=1S/C11H13F2NO3S/c12-9-2-1-8(11(13)5-9)7-18(16,17)14-4-3-10(15)6-14/h1-2,5,10,15H,3-4,6-7H2/t10-/m0/s1. The molecule has 1 aliphatic heterocycles. The highest BCUT2D eigenvalue weighted by Crippen LogP contribution is 2.19. The van der Waals surface area contributed by atoms with Gasteiger partial charge >= 0.3 is 0 Å². The van der Waals surface area contributed by atoms with Gasteiger partial charge in [0.1, 0.15) is 11.6 Å². The Kier molecular flexibility index (Phi) is 3.65. The summed E-state index contributed by atoms with van der Waals surface area (Å²) in [6.45, 7) is 0.261. The molecule has 0 radical (unpaired) electrons. The van der Waals surface area contributed by atoms with Gasteiger partial charge in [-0.15, -0.1) is 0 Å². The summed E-state index contributed by atoms with van der Waals surface area (Å²) < 4.78 is 51.1. The molecule has 1 heterocycles. The number of benzene rings is 1. The molecule has 1 aromatic rings. The number of hydrogen-bond acceptors (Lipinski definition) is 3. The highest BCUT2D eigenvalue weighted by Gasteiger charge is 2.30. The SMILES string of the molecule is O=S(=O)(Cc1ccc(F)cc1F)N1CC[C@H](O)C1. The lowest BCUT2D eigenvalue weighted by Gasteiger charge is -2.15. The maximum Gasteiger partial charge on any atom is 0.218 e. The Bertz CT molecular complexity index is 547. The molecule has 1 atom stereocenters. The van der Waals surface area contributed by atoms with Crippen molar-refractivity contribution in [3.05, 3.63) is 35.4 Å². The van der Waals surface area contributed by atoms with Crippen molar-refractivity contribution in [1.82, 2.24) is 4.31 Å². The molecule has 0 unspecified atom stereocenters. The van der Waals surface area contributed by atoms with Gasteiger partial charge in [0, 0.05) is 24.7 Å². The van der Waals surface area contributed by atoms with E-state index in [-0.39, 0.29) is 18.7 Å². The van der Waals surface area contributed by atoms with Gasteiger partial charge in [-0.05, 0) is 12.5 Å². The fourth-order valence-electron chi connectivity index (χ4n) is 1.89. The van der Waals surface area contributed by atoms with Crippen LogP contribution < -0.4 is 0 Å². The molecule has 1 aliphatic rings. The molecule has 0 bridgehead atoms. The minimum atomic E-state index is -3.67. The number of nitrogens with zero attached hydrogens (tertiary/aromatic N) is 1. The molecule has 1 aromatic carbocycles. The molecule has 0 amide bonds. The van der Waals surface area contributed by atoms with E-state index in [0.29, 0.717) is 12.5 Å². The number of rotatable bonds is 3. The predicted molar refractivity (Wildman–Crippen MR) is 61.2 cm³/mol. The lowest BCUT2D eigenvalue weighted by molar-refractivity contribution is 0.189. The van der Waals surface area contributed by atoms with Crippen molar-refractivity contribution in [2.75, 3.05) is 13.1 Å². The summed E-state index contributed by atoms with van der Waals surface area (Å²) in [7, 11) is -3.67. The van der Waals surface area contributed by atoms with Crippen molar-refractivity contribution < 1.29 is 22.3 Å². The maximum absolute atomic E-state index is 13.4. The summed E-state index contributed by atoms with van der Waals surface area (Å²) in [4.78, 5) is 0. The van der Waals surface area contributed by atoms with E-state index < -0.39 is 33.5 Å². The lowest BCUT2D eigenvalue weighted by atomic mass is 10.2. The maximum atomic E-state index is 13.4. The molecule has 0 aliphatic carbocycles. The van der Waals surface area contributed by atoms with E-state index in [4.69, 9.17) is 0 Å². The highest BCUT2D eigenvalue weighted by molar-refractivity contribution is 7.88. The van der Waals surface area contributed by atoms with Gasteiger partial charge in [-0.2, -0.15) is 4.31 Å². The third kappa shape index (κ3) is 2.85. The van der Waals surface area contributed by atoms with Crippen LogP contribution in [0.1, 0.15) is 12.0 Å². The molecule has 4 nitrogen and oxygen atoms in total. The van der Waals surface area contributed by atoms with Gasteiger partial charge in [0.2, 0.25) is 10.0 Å². The predicted octanol–water partition coefficient (Wildman–Crippen LogP) is 0.861. The van der Waals surface area contributed by atoms with Crippen LogP contribution in [0.25, 0.3) is 0 Å². The first-order valence-corrected chi connectivity index (χ1v) is 7.09. The molecule has 2 rings (SSSR count). The van der Waals surface area contributed by atoms with E-state index in [2.05, 4.69) is 0 Å². The fraction of sp³-hybridized carbons (Fsp3) is 0.455. The van der Waals surface area contributed by atoms with Crippen molar-refractivity contribution in [3.8, 4) is 0 Å². The first-order chi connectivity index (χ1) is 8.38. The molecular formula is C11H13F2NO3S. The summed E-state index contributed by atoms with van der Waals surface area (Å²) >= 11 is 0. The van der Waals surface area contributed by atoms with E-state index in [9.17, 15) is 22.3 Å². The van der Waals surface area contributed by atoms with Crippen LogP contribution >= 0.6 is 0 Å². The molecule has 0 aromatic heterocycles. The largest absolute Gasteiger partial charge is 0.392 e. The molecule has 7 heteroatoms. The first kappa shape index (κ1) is 13.4. The van der Waals surface area contributed by atoms with E-state index in [1.807, 2.05) is 0 Å². The van der Waals surface area contributed by atoms with Crippen molar-refractivity contribution in [1.29, 1.82) is 0 Å². The Hall–Kier alpha value is -1.05. The molecule has 1 saturated heterocycles. The summed E-state index contributed by atoms with van der Waals surface area (Å²) in [5, 5.41) is 9.29. The van der Waals surface area contributed by atoms with Crippen LogP contribution in [0.4, 0.5) is 8.78 Å². The van der Waals surface area contributed by atoms with Crippen LogP contribution in [0, 0.1) is 11.6 Å². The van der Waals surface area contributed by atoms with Crippen LogP contribution in [0.5, 0.6) is 0 Å². The molecule has 18 heavy (non-hydrogen) atoms. The normalized spacial score (nSPS) is 21.4. The highest BCUT2D eigenvalue weighted by atomic mass is 32.2. The van der Waals surface area contributed by atoms with Crippen LogP contribution in [0.15, 0.2) is 18.2 Å². The van der Waals surface area contributed by atoms with Crippen molar-refractivity contribution in [2.24, 2.45) is 0 Å². The number of halogens is 2. The second-order valence-electron chi connectivity index (χ2n) is 4.29. The van der Waals surface area contributed by atoms with Gasteiger partial charge < -0.3 is 5.11 Å². The molecule has 0 spiro atoms. The van der Waals surface area contributed by atoms with Crippen molar-refractivity contribution >= 4 is 10.0 Å². The minimum absolute atomic E-state index is 0.0329. The summed E-state index contributed by atoms with van der Waals surface area (Å²) in [5.41, 5.74) is -0.0715. The Labute approximate surface area is 104 Å². The average Bonchev–Trinajstić information content (AvgIpc) is 2.70. The van der Waals surface area contributed by atoms with Crippen LogP contribution in [-0.4, -0.2) is 37.0 Å². The van der Waals surface area contributed by atoms with E-state index in [1.54, 1.807) is 0 Å². The first-order valence-electron chi connectivity index (χ1n) is 5.48. The zero-order valence-electron chi connectivity index (χ0n) is 9.51. The molecular weight excluding hydrogens is 264 g/mol. The number of β-amino-alcohol motifs (C(OH)–C–C–N with tert-alkyl or cyclic N) is 1. The van der Waals surface area contributed by atoms with Gasteiger partial charge in [-0.25, -0.2) is 17.2 Å². The number of aliphatic hydroxyl groups is 1. The minimum Gasteiger partial charge on any atom is -0.392 e. The Morgan fingerprint density at radius 3 is 2.67 bits per heavy atom. The van der Waals surface area contributed by atoms with Crippen LogP contribution in [0.2, 0.25) is 0 Å². The van der Waals surface area contributed by atoms with E-state index >= 15 is 0 Å². The third-order valence-electron chi connectivity index (χ3n) is 2.87. The topological polar surface area (TPSA) is 57.6 Å². The lowest BCUT2D eigenvalue weighted by Crippen LogP contribution is -2.31. The summed E-state index contributed by atoms with van der Waals surface area (Å²) in [5.74, 6) is -2.14. The Morgan fingerprint density at radius 1 is 1.39 bits per heavy atom. The van der Waals surface area contributed by atoms with Gasteiger partial charge in [0.05, 0.1) is 11.9 Å². The monoisotopic (exact) mass is 277 g/mol. The molecule has 100 valence electrons. The van der Waals surface area contributed by atoms with Crippen LogP contribution in [-0.2, 0) is 15.8 Å². The van der Waals surface area contributed by atoms with Crippen molar-refractivity contribution in [3.63, 3.8) is 0 Å². The van der Waals surface area contributed by atoms with E-state index in [0.717, 1.165) is 16.4 Å². The number of aliphatic hydroxyl groups excluding tert-OH is 1. The van der Waals surface area contributed by atoms with Gasteiger partial charge in [0.25, 0.3) is 0 Å². The Morgan fingerprint density at radius 2 is 2.11 bits per heavy atom. The van der Waals surface area contributed by atoms with Crippen LogP contribution in [0.3, 0.4) is 0 Å². The number of sulfonamides is 1. The van der Waals surface area contributed by atoms with Gasteiger partial charge in [0.15, 0.2) is 0 Å². The molecule has 0 saturated carbocycles. The van der Waals surface area contributed by atoms with E-state index in [1.165, 1.54) is 0 Å². The second kappa shape index (κ2) is 4.91. The summed E-state index contributed by atoms with van der Waals surface area (Å²) in [6.07, 6.45) is -0.289. The van der Waals surface area contributed by atoms with Crippen molar-refractivity contribution in [2.45, 2.75) is 18.3 Å². The fourth-order valence-corrected chi connectivity index (χ4v) is 3.48. The Balaban J connectivity index is 2.17. The summed E-state index contributed by atoms with van der Waals surface area (Å²) in [6, 6.07) is 2.80. The second-order valence-corrected chi connectivity index (χ2v) is 6.26. The smallest absolute Gasteiger partial charge is 0.218 e. The zero-order valence-corrected chi connectivity index (χ0v) is 10.3. The zero-order chi connectivity index (χ0) is 13.3. The molecule has 1 N–H and O–H groups in total. The average molecular weight is 277 g/mol. The quantitative estimate of drug-likeness (QED) is 0.891. The van der Waals surface area contributed by atoms with Gasteiger partial charge in [-0.1, -0.05) is 6.07 Å². The number of hydrogen-bond donors (Lipinski definition) is 1. The molecule has 1 fully saturated rings. The van der Waals surface area contributed by atoms with Gasteiger partial charge in [-0.3, -0.25) is 0 Å².